The second kappa shape index (κ2) is 5.09. The van der Waals surface area contributed by atoms with Gasteiger partial charge in [0.15, 0.2) is 11.5 Å². The molecule has 1 heterocycles. The van der Waals surface area contributed by atoms with Crippen molar-refractivity contribution in [2.75, 3.05) is 18.5 Å². The van der Waals surface area contributed by atoms with Crippen molar-refractivity contribution < 1.29 is 14.3 Å². The zero-order valence-electron chi connectivity index (χ0n) is 10.7. The Labute approximate surface area is 112 Å². The van der Waals surface area contributed by atoms with E-state index in [0.29, 0.717) is 30.4 Å². The monoisotopic (exact) mass is 262 g/mol. The van der Waals surface area contributed by atoms with E-state index in [1.54, 1.807) is 0 Å². The van der Waals surface area contributed by atoms with E-state index < -0.39 is 0 Å². The van der Waals surface area contributed by atoms with Crippen LogP contribution in [0.5, 0.6) is 11.5 Å². The summed E-state index contributed by atoms with van der Waals surface area (Å²) in [6.07, 6.45) is 2.54. The number of hydrogen-bond donors (Lipinski definition) is 2. The van der Waals surface area contributed by atoms with Gasteiger partial charge < -0.3 is 20.5 Å². The summed E-state index contributed by atoms with van der Waals surface area (Å²) in [7, 11) is 0. The van der Waals surface area contributed by atoms with Crippen LogP contribution in [0.15, 0.2) is 18.2 Å². The van der Waals surface area contributed by atoms with Crippen molar-refractivity contribution in [3.05, 3.63) is 18.2 Å². The SMILES string of the molecule is NC1CCC(C(=O)Nc2cccc3c2OCCO3)C1. The van der Waals surface area contributed by atoms with E-state index in [0.717, 1.165) is 19.3 Å². The summed E-state index contributed by atoms with van der Waals surface area (Å²) in [5, 5.41) is 2.93. The van der Waals surface area contributed by atoms with Crippen LogP contribution in [0.3, 0.4) is 0 Å². The largest absolute Gasteiger partial charge is 0.486 e. The van der Waals surface area contributed by atoms with Crippen molar-refractivity contribution >= 4 is 11.6 Å². The molecule has 0 spiro atoms. The van der Waals surface area contributed by atoms with Gasteiger partial charge in [0.25, 0.3) is 0 Å². The molecule has 0 aromatic heterocycles. The molecule has 1 amide bonds. The molecular formula is C14H18N2O3. The number of rotatable bonds is 2. The first-order valence-electron chi connectivity index (χ1n) is 6.69. The Morgan fingerprint density at radius 1 is 1.26 bits per heavy atom. The minimum atomic E-state index is 0.00960. The maximum absolute atomic E-state index is 12.2. The molecular weight excluding hydrogens is 244 g/mol. The maximum atomic E-state index is 12.2. The first-order valence-corrected chi connectivity index (χ1v) is 6.69. The fourth-order valence-electron chi connectivity index (χ4n) is 2.66. The van der Waals surface area contributed by atoms with Crippen molar-refractivity contribution in [1.29, 1.82) is 0 Å². The molecule has 1 aromatic carbocycles. The van der Waals surface area contributed by atoms with Crippen LogP contribution in [0, 0.1) is 5.92 Å². The van der Waals surface area contributed by atoms with Gasteiger partial charge >= 0.3 is 0 Å². The van der Waals surface area contributed by atoms with Crippen molar-refractivity contribution in [3.8, 4) is 11.5 Å². The molecule has 0 bridgehead atoms. The molecule has 1 fully saturated rings. The molecule has 5 heteroatoms. The van der Waals surface area contributed by atoms with E-state index in [1.807, 2.05) is 18.2 Å². The average Bonchev–Trinajstić information content (AvgIpc) is 2.86. The smallest absolute Gasteiger partial charge is 0.227 e. The molecule has 0 radical (unpaired) electrons. The molecule has 1 saturated carbocycles. The number of carbonyl (C=O) groups excluding carboxylic acids is 1. The topological polar surface area (TPSA) is 73.6 Å². The van der Waals surface area contributed by atoms with Crippen molar-refractivity contribution in [2.45, 2.75) is 25.3 Å². The third-order valence-electron chi connectivity index (χ3n) is 3.67. The molecule has 19 heavy (non-hydrogen) atoms. The Bertz CT molecular complexity index is 490. The van der Waals surface area contributed by atoms with E-state index in [1.165, 1.54) is 0 Å². The minimum absolute atomic E-state index is 0.00960. The standard InChI is InChI=1S/C14H18N2O3/c15-10-5-4-9(8-10)14(17)16-11-2-1-3-12-13(11)19-7-6-18-12/h1-3,9-10H,4-8,15H2,(H,16,17). The summed E-state index contributed by atoms with van der Waals surface area (Å²) in [6.45, 7) is 1.05. The van der Waals surface area contributed by atoms with Crippen molar-refractivity contribution in [1.82, 2.24) is 0 Å². The summed E-state index contributed by atoms with van der Waals surface area (Å²) >= 11 is 0. The van der Waals surface area contributed by atoms with Crippen LogP contribution in [0.2, 0.25) is 0 Å². The van der Waals surface area contributed by atoms with E-state index in [9.17, 15) is 4.79 Å². The Balaban J connectivity index is 1.74. The lowest BCUT2D eigenvalue weighted by Gasteiger charge is -2.21. The van der Waals surface area contributed by atoms with Gasteiger partial charge in [-0.25, -0.2) is 0 Å². The Kier molecular flexibility index (Phi) is 3.29. The first-order chi connectivity index (χ1) is 9.24. The number of anilines is 1. The molecule has 3 N–H and O–H groups in total. The fraction of sp³-hybridized carbons (Fsp3) is 0.500. The summed E-state index contributed by atoms with van der Waals surface area (Å²) in [5.74, 6) is 1.35. The van der Waals surface area contributed by atoms with Gasteiger partial charge in [-0.15, -0.1) is 0 Å². The van der Waals surface area contributed by atoms with E-state index in [2.05, 4.69) is 5.32 Å². The van der Waals surface area contributed by atoms with Gasteiger partial charge in [0.2, 0.25) is 5.91 Å². The molecule has 1 aliphatic carbocycles. The lowest BCUT2D eigenvalue weighted by atomic mass is 10.1. The van der Waals surface area contributed by atoms with Crippen LogP contribution >= 0.6 is 0 Å². The molecule has 2 unspecified atom stereocenters. The highest BCUT2D eigenvalue weighted by atomic mass is 16.6. The van der Waals surface area contributed by atoms with Gasteiger partial charge in [0, 0.05) is 12.0 Å². The van der Waals surface area contributed by atoms with Gasteiger partial charge in [-0.1, -0.05) is 6.07 Å². The van der Waals surface area contributed by atoms with Gasteiger partial charge in [0.1, 0.15) is 13.2 Å². The van der Waals surface area contributed by atoms with E-state index in [4.69, 9.17) is 15.2 Å². The maximum Gasteiger partial charge on any atom is 0.227 e. The second-order valence-electron chi connectivity index (χ2n) is 5.09. The number of ether oxygens (including phenoxy) is 2. The van der Waals surface area contributed by atoms with Crippen LogP contribution in [-0.2, 0) is 4.79 Å². The van der Waals surface area contributed by atoms with Crippen LogP contribution in [0.4, 0.5) is 5.69 Å². The van der Waals surface area contributed by atoms with Crippen molar-refractivity contribution in [2.24, 2.45) is 11.7 Å². The second-order valence-corrected chi connectivity index (χ2v) is 5.09. The Morgan fingerprint density at radius 3 is 2.89 bits per heavy atom. The van der Waals surface area contributed by atoms with Gasteiger partial charge in [-0.3, -0.25) is 4.79 Å². The molecule has 102 valence electrons. The zero-order valence-corrected chi connectivity index (χ0v) is 10.7. The highest BCUT2D eigenvalue weighted by Crippen LogP contribution is 2.38. The zero-order chi connectivity index (χ0) is 13.2. The lowest BCUT2D eigenvalue weighted by Crippen LogP contribution is -2.24. The normalized spacial score (nSPS) is 25.1. The highest BCUT2D eigenvalue weighted by molar-refractivity contribution is 5.94. The predicted molar refractivity (Wildman–Crippen MR) is 71.4 cm³/mol. The number of hydrogen-bond acceptors (Lipinski definition) is 4. The number of carbonyl (C=O) groups is 1. The average molecular weight is 262 g/mol. The van der Waals surface area contributed by atoms with Crippen LogP contribution in [0.25, 0.3) is 0 Å². The summed E-state index contributed by atoms with van der Waals surface area (Å²) in [5.41, 5.74) is 6.53. The number of amides is 1. The van der Waals surface area contributed by atoms with Gasteiger partial charge in [-0.2, -0.15) is 0 Å². The lowest BCUT2D eigenvalue weighted by molar-refractivity contribution is -0.119. The molecule has 3 rings (SSSR count). The number of benzene rings is 1. The summed E-state index contributed by atoms with van der Waals surface area (Å²) in [6, 6.07) is 5.68. The molecule has 2 aliphatic rings. The summed E-state index contributed by atoms with van der Waals surface area (Å²) < 4.78 is 11.1. The van der Waals surface area contributed by atoms with Crippen LogP contribution in [0.1, 0.15) is 19.3 Å². The molecule has 2 atom stereocenters. The molecule has 1 aliphatic heterocycles. The summed E-state index contributed by atoms with van der Waals surface area (Å²) in [4.78, 5) is 12.2. The fourth-order valence-corrected chi connectivity index (χ4v) is 2.66. The number of nitrogens with two attached hydrogens (primary N) is 1. The first kappa shape index (κ1) is 12.3. The van der Waals surface area contributed by atoms with Crippen LogP contribution in [-0.4, -0.2) is 25.2 Å². The number of para-hydroxylation sites is 1. The quantitative estimate of drug-likeness (QED) is 0.847. The highest BCUT2D eigenvalue weighted by Gasteiger charge is 2.28. The Hall–Kier alpha value is -1.75. The third-order valence-corrected chi connectivity index (χ3v) is 3.67. The molecule has 0 saturated heterocycles. The Morgan fingerprint density at radius 2 is 2.11 bits per heavy atom. The van der Waals surface area contributed by atoms with Gasteiger partial charge in [-0.05, 0) is 31.4 Å². The number of nitrogens with one attached hydrogen (secondary N) is 1. The molecule has 5 nitrogen and oxygen atoms in total. The third kappa shape index (κ3) is 2.51. The predicted octanol–water partition coefficient (Wildman–Crippen LogP) is 1.52. The van der Waals surface area contributed by atoms with Gasteiger partial charge in [0.05, 0.1) is 5.69 Å². The number of fused-ring (bicyclic) bond motifs is 1. The minimum Gasteiger partial charge on any atom is -0.486 e. The van der Waals surface area contributed by atoms with Crippen molar-refractivity contribution in [3.63, 3.8) is 0 Å². The van der Waals surface area contributed by atoms with E-state index >= 15 is 0 Å². The molecule has 1 aromatic rings. The van der Waals surface area contributed by atoms with Crippen LogP contribution < -0.4 is 20.5 Å². The van der Waals surface area contributed by atoms with E-state index in [-0.39, 0.29) is 17.9 Å².